The summed E-state index contributed by atoms with van der Waals surface area (Å²) in [5.74, 6) is 0. The fraction of sp³-hybridized carbons (Fsp3) is 0.571. The number of hydrogen-bond acceptors (Lipinski definition) is 3. The van der Waals surface area contributed by atoms with Gasteiger partial charge in [-0.15, -0.1) is 0 Å². The van der Waals surface area contributed by atoms with Gasteiger partial charge < -0.3 is 5.73 Å². The Morgan fingerprint density at radius 1 is 1.21 bits per heavy atom. The molecule has 1 fully saturated rings. The fourth-order valence-electron chi connectivity index (χ4n) is 2.76. The van der Waals surface area contributed by atoms with Crippen LogP contribution < -0.4 is 10.5 Å². The second kappa shape index (κ2) is 5.51. The summed E-state index contributed by atoms with van der Waals surface area (Å²) in [6, 6.07) is 6.31. The van der Waals surface area contributed by atoms with Crippen LogP contribution >= 0.6 is 0 Å². The molecule has 5 heteroatoms. The molecule has 0 saturated heterocycles. The third kappa shape index (κ3) is 3.28. The summed E-state index contributed by atoms with van der Waals surface area (Å²) in [6.45, 7) is 2.68. The van der Waals surface area contributed by atoms with Gasteiger partial charge in [0.25, 0.3) is 0 Å². The third-order valence-corrected chi connectivity index (χ3v) is 5.66. The number of hydrogen-bond donors (Lipinski definition) is 2. The van der Waals surface area contributed by atoms with E-state index in [1.54, 1.807) is 24.3 Å². The summed E-state index contributed by atoms with van der Waals surface area (Å²) >= 11 is 0. The summed E-state index contributed by atoms with van der Waals surface area (Å²) in [5.41, 5.74) is 6.29. The van der Waals surface area contributed by atoms with Crippen molar-refractivity contribution in [1.82, 2.24) is 4.72 Å². The summed E-state index contributed by atoms with van der Waals surface area (Å²) < 4.78 is 27.2. The number of nitrogens with two attached hydrogens (primary N) is 1. The van der Waals surface area contributed by atoms with Gasteiger partial charge in [-0.25, -0.2) is 13.1 Å². The number of anilines is 1. The Labute approximate surface area is 115 Å². The number of sulfonamides is 1. The molecule has 1 aliphatic carbocycles. The highest BCUT2D eigenvalue weighted by Crippen LogP contribution is 2.40. The van der Waals surface area contributed by atoms with Crippen molar-refractivity contribution in [3.8, 4) is 0 Å². The average Bonchev–Trinajstić information content (AvgIpc) is 2.87. The van der Waals surface area contributed by atoms with Gasteiger partial charge in [-0.3, -0.25) is 0 Å². The summed E-state index contributed by atoms with van der Waals surface area (Å²) in [5, 5.41) is 0. The van der Waals surface area contributed by atoms with Gasteiger partial charge in [0.15, 0.2) is 0 Å². The molecule has 0 atom stereocenters. The maximum absolute atomic E-state index is 12.2. The first-order valence-electron chi connectivity index (χ1n) is 6.83. The smallest absolute Gasteiger partial charge is 0.240 e. The van der Waals surface area contributed by atoms with Crippen molar-refractivity contribution < 1.29 is 8.42 Å². The molecule has 1 aliphatic rings. The first-order valence-corrected chi connectivity index (χ1v) is 8.31. The topological polar surface area (TPSA) is 72.2 Å². The SMILES string of the molecule is CCC1(CNS(=O)(=O)c2ccc(N)cc2)CCCC1. The molecule has 0 aromatic heterocycles. The highest BCUT2D eigenvalue weighted by atomic mass is 32.2. The number of nitrogen functional groups attached to an aromatic ring is 1. The Bertz CT molecular complexity index is 517. The zero-order chi connectivity index (χ0) is 13.9. The van der Waals surface area contributed by atoms with E-state index in [4.69, 9.17) is 5.73 Å². The molecular weight excluding hydrogens is 260 g/mol. The molecule has 1 aromatic carbocycles. The van der Waals surface area contributed by atoms with Crippen LogP contribution in [0.25, 0.3) is 0 Å². The molecule has 1 aromatic rings. The molecule has 19 heavy (non-hydrogen) atoms. The van der Waals surface area contributed by atoms with E-state index >= 15 is 0 Å². The first kappa shape index (κ1) is 14.3. The molecular formula is C14H22N2O2S. The van der Waals surface area contributed by atoms with Gasteiger partial charge in [-0.1, -0.05) is 19.8 Å². The zero-order valence-corrected chi connectivity index (χ0v) is 12.2. The van der Waals surface area contributed by atoms with E-state index in [9.17, 15) is 8.42 Å². The van der Waals surface area contributed by atoms with Crippen LogP contribution in [0.1, 0.15) is 39.0 Å². The van der Waals surface area contributed by atoms with Crippen LogP contribution in [0.15, 0.2) is 29.2 Å². The molecule has 0 heterocycles. The van der Waals surface area contributed by atoms with E-state index < -0.39 is 10.0 Å². The standard InChI is InChI=1S/C14H22N2O2S/c1-2-14(9-3-4-10-14)11-16-19(17,18)13-7-5-12(15)6-8-13/h5-8,16H,2-4,9-11,15H2,1H3. The lowest BCUT2D eigenvalue weighted by Gasteiger charge is -2.27. The normalized spacial score (nSPS) is 18.6. The molecule has 0 bridgehead atoms. The van der Waals surface area contributed by atoms with Crippen molar-refractivity contribution in [2.45, 2.75) is 43.9 Å². The van der Waals surface area contributed by atoms with Gasteiger partial charge in [0.2, 0.25) is 10.0 Å². The molecule has 2 rings (SSSR count). The average molecular weight is 282 g/mol. The lowest BCUT2D eigenvalue weighted by atomic mass is 9.84. The van der Waals surface area contributed by atoms with Gasteiger partial charge in [0.05, 0.1) is 4.90 Å². The van der Waals surface area contributed by atoms with Gasteiger partial charge in [0.1, 0.15) is 0 Å². The quantitative estimate of drug-likeness (QED) is 0.815. The van der Waals surface area contributed by atoms with Crippen LogP contribution in [-0.2, 0) is 10.0 Å². The van der Waals surface area contributed by atoms with Crippen molar-refractivity contribution in [2.24, 2.45) is 5.41 Å². The van der Waals surface area contributed by atoms with E-state index in [0.29, 0.717) is 12.2 Å². The van der Waals surface area contributed by atoms with Crippen LogP contribution in [0.5, 0.6) is 0 Å². The van der Waals surface area contributed by atoms with E-state index in [0.717, 1.165) is 19.3 Å². The largest absolute Gasteiger partial charge is 0.399 e. The van der Waals surface area contributed by atoms with Crippen LogP contribution in [0.3, 0.4) is 0 Å². The molecule has 0 aliphatic heterocycles. The van der Waals surface area contributed by atoms with Gasteiger partial charge >= 0.3 is 0 Å². The molecule has 3 N–H and O–H groups in total. The predicted octanol–water partition coefficient (Wildman–Crippen LogP) is 2.52. The second-order valence-electron chi connectivity index (χ2n) is 5.45. The number of nitrogens with one attached hydrogen (secondary N) is 1. The predicted molar refractivity (Wildman–Crippen MR) is 77.2 cm³/mol. The monoisotopic (exact) mass is 282 g/mol. The Kier molecular flexibility index (Phi) is 4.16. The van der Waals surface area contributed by atoms with E-state index in [1.165, 1.54) is 12.8 Å². The third-order valence-electron chi connectivity index (χ3n) is 4.24. The lowest BCUT2D eigenvalue weighted by Crippen LogP contribution is -2.35. The van der Waals surface area contributed by atoms with Crippen molar-refractivity contribution in [3.05, 3.63) is 24.3 Å². The lowest BCUT2D eigenvalue weighted by molar-refractivity contribution is 0.285. The van der Waals surface area contributed by atoms with Gasteiger partial charge in [0, 0.05) is 12.2 Å². The number of rotatable bonds is 5. The van der Waals surface area contributed by atoms with Crippen LogP contribution in [0, 0.1) is 5.41 Å². The summed E-state index contributed by atoms with van der Waals surface area (Å²) in [6.07, 6.45) is 5.67. The van der Waals surface area contributed by atoms with Crippen LogP contribution in [-0.4, -0.2) is 15.0 Å². The molecule has 1 saturated carbocycles. The second-order valence-corrected chi connectivity index (χ2v) is 7.22. The van der Waals surface area contributed by atoms with E-state index in [-0.39, 0.29) is 10.3 Å². The summed E-state index contributed by atoms with van der Waals surface area (Å²) in [4.78, 5) is 0.283. The molecule has 4 nitrogen and oxygen atoms in total. The molecule has 106 valence electrons. The zero-order valence-electron chi connectivity index (χ0n) is 11.4. The van der Waals surface area contributed by atoms with Crippen molar-refractivity contribution >= 4 is 15.7 Å². The number of benzene rings is 1. The highest BCUT2D eigenvalue weighted by Gasteiger charge is 2.33. The molecule has 0 amide bonds. The Morgan fingerprint density at radius 2 is 1.79 bits per heavy atom. The minimum atomic E-state index is -3.42. The van der Waals surface area contributed by atoms with E-state index in [2.05, 4.69) is 11.6 Å². The van der Waals surface area contributed by atoms with Crippen molar-refractivity contribution in [1.29, 1.82) is 0 Å². The Morgan fingerprint density at radius 3 is 2.32 bits per heavy atom. The van der Waals surface area contributed by atoms with Gasteiger partial charge in [-0.05, 0) is 48.9 Å². The van der Waals surface area contributed by atoms with Crippen molar-refractivity contribution in [2.75, 3.05) is 12.3 Å². The van der Waals surface area contributed by atoms with Crippen molar-refractivity contribution in [3.63, 3.8) is 0 Å². The first-order chi connectivity index (χ1) is 8.97. The molecule has 0 unspecified atom stereocenters. The van der Waals surface area contributed by atoms with Crippen LogP contribution in [0.2, 0.25) is 0 Å². The minimum Gasteiger partial charge on any atom is -0.399 e. The fourth-order valence-corrected chi connectivity index (χ4v) is 3.92. The Balaban J connectivity index is 2.07. The maximum Gasteiger partial charge on any atom is 0.240 e. The maximum atomic E-state index is 12.2. The molecule has 0 spiro atoms. The highest BCUT2D eigenvalue weighted by molar-refractivity contribution is 7.89. The Hall–Kier alpha value is -1.07. The molecule has 0 radical (unpaired) electrons. The van der Waals surface area contributed by atoms with Gasteiger partial charge in [-0.2, -0.15) is 0 Å². The summed E-state index contributed by atoms with van der Waals surface area (Å²) in [7, 11) is -3.42. The van der Waals surface area contributed by atoms with E-state index in [1.807, 2.05) is 0 Å². The minimum absolute atomic E-state index is 0.154. The van der Waals surface area contributed by atoms with Crippen LogP contribution in [0.4, 0.5) is 5.69 Å².